The van der Waals surface area contributed by atoms with Crippen LogP contribution in [-0.2, 0) is 9.53 Å². The third-order valence-corrected chi connectivity index (χ3v) is 4.87. The molecule has 0 aromatic carbocycles. The molecule has 0 radical (unpaired) electrons. The van der Waals surface area contributed by atoms with E-state index in [2.05, 4.69) is 22.1 Å². The van der Waals surface area contributed by atoms with E-state index in [0.717, 1.165) is 37.9 Å². The lowest BCUT2D eigenvalue weighted by molar-refractivity contribution is -0.111. The Labute approximate surface area is 152 Å². The molecular weight excluding hydrogens is 330 g/mol. The van der Waals surface area contributed by atoms with Crippen LogP contribution in [0.15, 0.2) is 41.0 Å². The second-order valence-corrected chi connectivity index (χ2v) is 6.89. The van der Waals surface area contributed by atoms with Crippen molar-refractivity contribution in [2.45, 2.75) is 19.3 Å². The number of anilines is 2. The van der Waals surface area contributed by atoms with E-state index in [-0.39, 0.29) is 5.91 Å². The van der Waals surface area contributed by atoms with Gasteiger partial charge in [0.15, 0.2) is 0 Å². The van der Waals surface area contributed by atoms with E-state index in [1.165, 1.54) is 12.5 Å². The van der Waals surface area contributed by atoms with Crippen LogP contribution in [0, 0.1) is 5.92 Å². The molecule has 0 bridgehead atoms. The lowest BCUT2D eigenvalue weighted by Gasteiger charge is -2.27. The number of aromatic nitrogens is 1. The minimum absolute atomic E-state index is 0.205. The van der Waals surface area contributed by atoms with E-state index in [0.29, 0.717) is 23.3 Å². The summed E-state index contributed by atoms with van der Waals surface area (Å²) in [6, 6.07) is 7.69. The van der Waals surface area contributed by atoms with Gasteiger partial charge in [-0.15, -0.1) is 0 Å². The smallest absolute Gasteiger partial charge is 0.248 e. The Morgan fingerprint density at radius 3 is 2.77 bits per heavy atom. The van der Waals surface area contributed by atoms with Gasteiger partial charge in [-0.05, 0) is 42.7 Å². The molecule has 1 amide bonds. The fraction of sp³-hybridized carbons (Fsp3) is 0.400. The Bertz CT molecular complexity index is 791. The van der Waals surface area contributed by atoms with Gasteiger partial charge in [0.1, 0.15) is 17.3 Å². The summed E-state index contributed by atoms with van der Waals surface area (Å²) >= 11 is 0. The zero-order valence-corrected chi connectivity index (χ0v) is 14.9. The molecule has 4 rings (SSSR count). The predicted octanol–water partition coefficient (Wildman–Crippen LogP) is 3.29. The molecule has 0 unspecified atom stereocenters. The lowest BCUT2D eigenvalue weighted by atomic mass is 10.3. The molecule has 1 saturated carbocycles. The highest BCUT2D eigenvalue weighted by molar-refractivity contribution is 6.01. The van der Waals surface area contributed by atoms with Gasteiger partial charge in [0, 0.05) is 25.1 Å². The molecule has 6 nitrogen and oxygen atoms in total. The number of amides is 1. The third kappa shape index (κ3) is 3.96. The molecule has 1 N–H and O–H groups in total. The fourth-order valence-electron chi connectivity index (χ4n) is 3.16. The van der Waals surface area contributed by atoms with Gasteiger partial charge >= 0.3 is 0 Å². The van der Waals surface area contributed by atoms with E-state index in [1.807, 2.05) is 24.3 Å². The van der Waals surface area contributed by atoms with E-state index in [9.17, 15) is 4.79 Å². The standard InChI is InChI=1S/C20H23N3O3/c1-14-12-17(14)18-5-3-16(26-18)4-7-20(24)22-15-2-6-19(21-13-15)23-8-10-25-11-9-23/h2-7,13-14,17H,8-12H2,1H3,(H,22,24)/b7-4+/t14-,17+/m1/s1. The van der Waals surface area contributed by atoms with Gasteiger partial charge in [0.05, 0.1) is 25.1 Å². The van der Waals surface area contributed by atoms with Crippen molar-refractivity contribution in [1.29, 1.82) is 0 Å². The summed E-state index contributed by atoms with van der Waals surface area (Å²) in [5.41, 5.74) is 0.670. The highest BCUT2D eigenvalue weighted by atomic mass is 16.5. The van der Waals surface area contributed by atoms with Crippen LogP contribution in [0.1, 0.15) is 30.8 Å². The number of ether oxygens (including phenoxy) is 1. The number of morpholine rings is 1. The van der Waals surface area contributed by atoms with Crippen molar-refractivity contribution in [2.24, 2.45) is 5.92 Å². The van der Waals surface area contributed by atoms with Crippen molar-refractivity contribution in [1.82, 2.24) is 4.98 Å². The molecule has 1 aliphatic carbocycles. The van der Waals surface area contributed by atoms with Crippen LogP contribution in [0.25, 0.3) is 6.08 Å². The Hall–Kier alpha value is -2.60. The molecule has 2 aromatic rings. The molecular formula is C20H23N3O3. The maximum absolute atomic E-state index is 12.1. The van der Waals surface area contributed by atoms with Gasteiger partial charge in [-0.1, -0.05) is 6.92 Å². The quantitative estimate of drug-likeness (QED) is 0.836. The van der Waals surface area contributed by atoms with Crippen molar-refractivity contribution >= 4 is 23.5 Å². The number of nitrogens with one attached hydrogen (secondary N) is 1. The monoisotopic (exact) mass is 353 g/mol. The van der Waals surface area contributed by atoms with Crippen molar-refractivity contribution in [3.8, 4) is 0 Å². The van der Waals surface area contributed by atoms with E-state index < -0.39 is 0 Å². The van der Waals surface area contributed by atoms with Crippen LogP contribution in [0.2, 0.25) is 0 Å². The summed E-state index contributed by atoms with van der Waals surface area (Å²) in [6.07, 6.45) is 6.04. The van der Waals surface area contributed by atoms with Crippen LogP contribution < -0.4 is 10.2 Å². The van der Waals surface area contributed by atoms with Gasteiger partial charge in [-0.2, -0.15) is 0 Å². The first-order valence-corrected chi connectivity index (χ1v) is 9.06. The molecule has 6 heteroatoms. The zero-order valence-electron chi connectivity index (χ0n) is 14.9. The second kappa shape index (κ2) is 7.33. The van der Waals surface area contributed by atoms with Gasteiger partial charge in [0.25, 0.3) is 0 Å². The minimum atomic E-state index is -0.205. The number of hydrogen-bond donors (Lipinski definition) is 1. The fourth-order valence-corrected chi connectivity index (χ4v) is 3.16. The molecule has 1 aliphatic heterocycles. The normalized spacial score (nSPS) is 22.6. The summed E-state index contributed by atoms with van der Waals surface area (Å²) in [4.78, 5) is 18.7. The van der Waals surface area contributed by atoms with Crippen LogP contribution in [0.4, 0.5) is 11.5 Å². The van der Waals surface area contributed by atoms with Gasteiger partial charge in [-0.3, -0.25) is 4.79 Å². The molecule has 1 saturated heterocycles. The summed E-state index contributed by atoms with van der Waals surface area (Å²) in [5, 5.41) is 2.82. The highest BCUT2D eigenvalue weighted by Gasteiger charge is 2.36. The Kier molecular flexibility index (Phi) is 4.75. The van der Waals surface area contributed by atoms with Crippen molar-refractivity contribution in [2.75, 3.05) is 36.5 Å². The molecule has 2 aliphatic rings. The number of carbonyl (C=O) groups is 1. The second-order valence-electron chi connectivity index (χ2n) is 6.89. The van der Waals surface area contributed by atoms with Gasteiger partial charge in [0.2, 0.25) is 5.91 Å². The average molecular weight is 353 g/mol. The number of nitrogens with zero attached hydrogens (tertiary/aromatic N) is 2. The van der Waals surface area contributed by atoms with Gasteiger partial charge < -0.3 is 19.4 Å². The van der Waals surface area contributed by atoms with Gasteiger partial charge in [-0.25, -0.2) is 4.98 Å². The number of furan rings is 1. The highest BCUT2D eigenvalue weighted by Crippen LogP contribution is 2.47. The average Bonchev–Trinajstić information content (AvgIpc) is 3.21. The van der Waals surface area contributed by atoms with Crippen LogP contribution >= 0.6 is 0 Å². The number of pyridine rings is 1. The minimum Gasteiger partial charge on any atom is -0.461 e. The lowest BCUT2D eigenvalue weighted by Crippen LogP contribution is -2.36. The SMILES string of the molecule is C[C@@H]1C[C@@H]1c1ccc(/C=C/C(=O)Nc2ccc(N3CCOCC3)nc2)o1. The molecule has 2 aromatic heterocycles. The third-order valence-electron chi connectivity index (χ3n) is 4.87. The number of hydrogen-bond acceptors (Lipinski definition) is 5. The van der Waals surface area contributed by atoms with Crippen molar-refractivity contribution < 1.29 is 13.9 Å². The van der Waals surface area contributed by atoms with Crippen LogP contribution in [-0.4, -0.2) is 37.2 Å². The first-order valence-electron chi connectivity index (χ1n) is 9.06. The van der Waals surface area contributed by atoms with Crippen LogP contribution in [0.3, 0.4) is 0 Å². The Balaban J connectivity index is 1.31. The maximum atomic E-state index is 12.1. The predicted molar refractivity (Wildman–Crippen MR) is 100 cm³/mol. The Morgan fingerprint density at radius 2 is 2.08 bits per heavy atom. The molecule has 136 valence electrons. The first kappa shape index (κ1) is 16.8. The maximum Gasteiger partial charge on any atom is 0.248 e. The van der Waals surface area contributed by atoms with Crippen LogP contribution in [0.5, 0.6) is 0 Å². The summed E-state index contributed by atoms with van der Waals surface area (Å²) in [5.74, 6) is 3.66. The molecule has 0 spiro atoms. The summed E-state index contributed by atoms with van der Waals surface area (Å²) < 4.78 is 11.1. The van der Waals surface area contributed by atoms with E-state index in [4.69, 9.17) is 9.15 Å². The number of carbonyl (C=O) groups excluding carboxylic acids is 1. The van der Waals surface area contributed by atoms with Crippen molar-refractivity contribution in [3.05, 3.63) is 48.1 Å². The first-order chi connectivity index (χ1) is 12.7. The summed E-state index contributed by atoms with van der Waals surface area (Å²) in [7, 11) is 0. The zero-order chi connectivity index (χ0) is 17.9. The largest absolute Gasteiger partial charge is 0.461 e. The molecule has 2 fully saturated rings. The molecule has 3 heterocycles. The topological polar surface area (TPSA) is 67.6 Å². The molecule has 2 atom stereocenters. The number of rotatable bonds is 5. The Morgan fingerprint density at radius 1 is 1.27 bits per heavy atom. The van der Waals surface area contributed by atoms with E-state index >= 15 is 0 Å². The molecule has 26 heavy (non-hydrogen) atoms. The summed E-state index contributed by atoms with van der Waals surface area (Å²) in [6.45, 7) is 5.34. The van der Waals surface area contributed by atoms with E-state index in [1.54, 1.807) is 12.3 Å². The van der Waals surface area contributed by atoms with Crippen molar-refractivity contribution in [3.63, 3.8) is 0 Å².